The Balaban J connectivity index is 0.00000324. The molecule has 0 saturated heterocycles. The van der Waals surface area contributed by atoms with E-state index in [2.05, 4.69) is 11.2 Å². The van der Waals surface area contributed by atoms with Crippen molar-refractivity contribution < 1.29 is 20.2 Å². The lowest BCUT2D eigenvalue weighted by Gasteiger charge is -2.12. The highest BCUT2D eigenvalue weighted by Crippen LogP contribution is 2.23. The monoisotopic (exact) mass is 265 g/mol. The van der Waals surface area contributed by atoms with Crippen molar-refractivity contribution >= 4 is 17.4 Å². The molecule has 19 heavy (non-hydrogen) atoms. The van der Waals surface area contributed by atoms with Gasteiger partial charge in [-0.25, -0.2) is 4.79 Å². The molecule has 1 aromatic carbocycles. The number of nitroso groups, excluding NO2 is 1. The molecule has 0 atom stereocenters. The number of carbonyl (C=O) groups is 1. The quantitative estimate of drug-likeness (QED) is 0.753. The molecule has 0 aliphatic rings. The highest BCUT2D eigenvalue weighted by atomic mass is 16.5. The molecular formula is C12H15N3O4. The number of nitrogens with zero attached hydrogens (tertiary/aromatic N) is 1. The van der Waals surface area contributed by atoms with Gasteiger partial charge in [-0.05, 0) is 12.1 Å². The van der Waals surface area contributed by atoms with E-state index in [0.717, 1.165) is 0 Å². The third-order valence-electron chi connectivity index (χ3n) is 2.06. The van der Waals surface area contributed by atoms with Crippen molar-refractivity contribution in [1.29, 1.82) is 0 Å². The number of hydrogen-bond acceptors (Lipinski definition) is 4. The van der Waals surface area contributed by atoms with Gasteiger partial charge in [0.25, 0.3) is 5.69 Å². The van der Waals surface area contributed by atoms with E-state index in [1.165, 1.54) is 11.0 Å². The number of carbonyl (C=O) groups excluding carboxylic acids is 1. The first-order valence-electron chi connectivity index (χ1n) is 5.15. The van der Waals surface area contributed by atoms with E-state index < -0.39 is 0 Å². The maximum atomic E-state index is 11.4. The van der Waals surface area contributed by atoms with Gasteiger partial charge in [-0.1, -0.05) is 5.92 Å². The number of anilines is 1. The van der Waals surface area contributed by atoms with Crippen LogP contribution in [0.25, 0.3) is 0 Å². The van der Waals surface area contributed by atoms with E-state index in [1.807, 2.05) is 0 Å². The molecule has 0 aliphatic heterocycles. The molecule has 0 bridgehead atoms. The molecule has 0 spiro atoms. The van der Waals surface area contributed by atoms with Crippen molar-refractivity contribution in [1.82, 2.24) is 4.90 Å². The molecule has 0 unspecified atom stereocenters. The molecule has 0 radical (unpaired) electrons. The van der Waals surface area contributed by atoms with Crippen LogP contribution in [0.2, 0.25) is 0 Å². The van der Waals surface area contributed by atoms with Crippen molar-refractivity contribution in [3.63, 3.8) is 0 Å². The van der Waals surface area contributed by atoms with E-state index in [-0.39, 0.29) is 23.8 Å². The summed E-state index contributed by atoms with van der Waals surface area (Å²) in [5.41, 5.74) is 0.696. The minimum absolute atomic E-state index is 0. The zero-order valence-electron chi connectivity index (χ0n) is 10.6. The molecule has 2 amide bonds. The molecule has 1 aromatic rings. The van der Waals surface area contributed by atoms with Crippen LogP contribution in [0.4, 0.5) is 16.2 Å². The maximum absolute atomic E-state index is 11.4. The Labute approximate surface area is 110 Å². The predicted octanol–water partition coefficient (Wildman–Crippen LogP) is 0.0938. The van der Waals surface area contributed by atoms with Gasteiger partial charge in [-0.2, -0.15) is 0 Å². The molecule has 0 heterocycles. The summed E-state index contributed by atoms with van der Waals surface area (Å²) in [5, 5.41) is 4.35. The summed E-state index contributed by atoms with van der Waals surface area (Å²) in [4.78, 5) is 23.6. The largest absolute Gasteiger partial charge is 0.870 e. The second kappa shape index (κ2) is 7.68. The number of urea groups is 1. The fraction of sp³-hybridized carbons (Fsp3) is 0.250. The minimum Gasteiger partial charge on any atom is -0.870 e. The highest BCUT2D eigenvalue weighted by Gasteiger charge is 2.12. The maximum Gasteiger partial charge on any atom is 0.321 e. The van der Waals surface area contributed by atoms with Crippen molar-refractivity contribution in [3.8, 4) is 18.1 Å². The third kappa shape index (κ3) is 4.65. The van der Waals surface area contributed by atoms with E-state index in [4.69, 9.17) is 11.2 Å². The number of amides is 2. The van der Waals surface area contributed by atoms with Gasteiger partial charge < -0.3 is 20.4 Å². The normalized spacial score (nSPS) is 8.68. The van der Waals surface area contributed by atoms with Crippen LogP contribution >= 0.6 is 0 Å². The number of rotatable bonds is 4. The molecule has 3 N–H and O–H groups in total. The summed E-state index contributed by atoms with van der Waals surface area (Å²) in [6.07, 6.45) is 5.06. The number of terminal acetylenes is 1. The van der Waals surface area contributed by atoms with Crippen molar-refractivity contribution in [2.45, 2.75) is 0 Å². The van der Waals surface area contributed by atoms with Gasteiger partial charge in [0.2, 0.25) is 0 Å². The van der Waals surface area contributed by atoms with E-state index in [0.29, 0.717) is 11.4 Å². The first-order chi connectivity index (χ1) is 8.58. The molecule has 102 valence electrons. The summed E-state index contributed by atoms with van der Waals surface area (Å²) < 4.78 is 5.16. The van der Waals surface area contributed by atoms with Crippen LogP contribution in [-0.4, -0.2) is 37.1 Å². The van der Waals surface area contributed by atoms with Crippen LogP contribution in [0.15, 0.2) is 18.2 Å². The van der Waals surface area contributed by atoms with Crippen molar-refractivity contribution in [3.05, 3.63) is 23.1 Å². The smallest absolute Gasteiger partial charge is 0.321 e. The standard InChI is InChI=1S/C12H13N3O3.H2O/c1-4-7-18-11-6-5-9(8-10(11)14-17)13-12(16)15(2)3;/h1,5-6,8H,7H2,2-3H3,(H,13,16);1H2. The Morgan fingerprint density at radius 2 is 2.21 bits per heavy atom. The zero-order chi connectivity index (χ0) is 13.5. The molecule has 0 aliphatic carbocycles. The number of hydrogen-bond donors (Lipinski definition) is 2. The summed E-state index contributed by atoms with van der Waals surface area (Å²) >= 11 is 0. The molecule has 0 fully saturated rings. The zero-order valence-corrected chi connectivity index (χ0v) is 10.6. The van der Waals surface area contributed by atoms with Crippen LogP contribution < -0.4 is 15.2 Å². The van der Waals surface area contributed by atoms with Gasteiger partial charge in [0.1, 0.15) is 6.61 Å². The lowest BCUT2D eigenvalue weighted by atomic mass is 10.2. The fourth-order valence-electron chi connectivity index (χ4n) is 1.17. The van der Waals surface area contributed by atoms with Crippen LogP contribution in [0.3, 0.4) is 0 Å². The molecule has 1 rings (SSSR count). The lowest BCUT2D eigenvalue weighted by Crippen LogP contribution is -2.55. The van der Waals surface area contributed by atoms with Crippen molar-refractivity contribution in [2.75, 3.05) is 26.0 Å². The average Bonchev–Trinajstić information content (AvgIpc) is 2.36. The van der Waals surface area contributed by atoms with E-state index >= 15 is 0 Å². The fourth-order valence-corrected chi connectivity index (χ4v) is 1.17. The van der Waals surface area contributed by atoms with E-state index in [1.54, 1.807) is 31.4 Å². The van der Waals surface area contributed by atoms with Gasteiger partial charge >= 0.3 is 6.03 Å². The molecular weight excluding hydrogens is 250 g/mol. The number of benzene rings is 1. The first-order valence-corrected chi connectivity index (χ1v) is 5.15. The summed E-state index contributed by atoms with van der Waals surface area (Å²) in [6, 6.07) is 4.36. The summed E-state index contributed by atoms with van der Waals surface area (Å²) in [7, 11) is 3.24. The van der Waals surface area contributed by atoms with Crippen LogP contribution in [0, 0.1) is 17.3 Å². The number of nitrogens with one attached hydrogen (secondary N) is 2. The summed E-state index contributed by atoms with van der Waals surface area (Å²) in [5.74, 6) is 2.64. The minimum atomic E-state index is -0.288. The average molecular weight is 265 g/mol. The molecule has 7 nitrogen and oxygen atoms in total. The van der Waals surface area contributed by atoms with Crippen LogP contribution in [0.1, 0.15) is 0 Å². The molecule has 0 saturated carbocycles. The van der Waals surface area contributed by atoms with Crippen LogP contribution in [0.5, 0.6) is 5.75 Å². The SMILES string of the molecule is C#CCOc1ccc(NC(=O)N(C)C)cc1[NH+]=O.[OH-]. The van der Waals surface area contributed by atoms with Gasteiger partial charge in [0.15, 0.2) is 5.75 Å². The second-order valence-corrected chi connectivity index (χ2v) is 3.63. The molecule has 0 aromatic heterocycles. The van der Waals surface area contributed by atoms with Gasteiger partial charge in [0, 0.05) is 35.9 Å². The Morgan fingerprint density at radius 3 is 2.74 bits per heavy atom. The van der Waals surface area contributed by atoms with Gasteiger partial charge in [0.05, 0.1) is 0 Å². The summed E-state index contributed by atoms with van der Waals surface area (Å²) in [6.45, 7) is 0.0675. The van der Waals surface area contributed by atoms with Crippen LogP contribution in [-0.2, 0) is 0 Å². The Hall–Kier alpha value is -2.59. The highest BCUT2D eigenvalue weighted by molar-refractivity contribution is 5.89. The van der Waals surface area contributed by atoms with E-state index in [9.17, 15) is 9.70 Å². The Morgan fingerprint density at radius 1 is 1.53 bits per heavy atom. The second-order valence-electron chi connectivity index (χ2n) is 3.63. The first kappa shape index (κ1) is 16.4. The van der Waals surface area contributed by atoms with Gasteiger partial charge in [-0.15, -0.1) is 6.42 Å². The molecule has 7 heteroatoms. The Kier molecular flexibility index (Phi) is 6.63. The topological polar surface area (TPSA) is 103 Å². The predicted molar refractivity (Wildman–Crippen MR) is 69.4 cm³/mol. The lowest BCUT2D eigenvalue weighted by molar-refractivity contribution is -0.380. The van der Waals surface area contributed by atoms with Gasteiger partial charge in [-0.3, -0.25) is 0 Å². The third-order valence-corrected chi connectivity index (χ3v) is 2.06. The number of ether oxygens (including phenoxy) is 1. The Bertz CT molecular complexity index is 494. The van der Waals surface area contributed by atoms with Crippen molar-refractivity contribution in [2.24, 2.45) is 0 Å².